The minimum Gasteiger partial charge on any atom is -0.508 e. The lowest BCUT2D eigenvalue weighted by Gasteiger charge is -2.53. The van der Waals surface area contributed by atoms with Crippen LogP contribution in [-0.2, 0) is 25.7 Å². The molecule has 0 spiro atoms. The van der Waals surface area contributed by atoms with Crippen molar-refractivity contribution >= 4 is 34.8 Å². The Morgan fingerprint density at radius 2 is 1.70 bits per heavy atom. The molecule has 1 fully saturated rings. The summed E-state index contributed by atoms with van der Waals surface area (Å²) in [5.41, 5.74) is 2.01. The Balaban J connectivity index is 1.53. The number of hydrogen-bond acceptors (Lipinski definition) is 11. The molecule has 0 saturated heterocycles. The van der Waals surface area contributed by atoms with E-state index >= 15 is 0 Å². The van der Waals surface area contributed by atoms with E-state index in [9.17, 15) is 44.7 Å². The zero-order chi connectivity index (χ0) is 32.2. The molecule has 0 aliphatic heterocycles. The van der Waals surface area contributed by atoms with E-state index in [1.807, 2.05) is 30.3 Å². The minimum atomic E-state index is -2.99. The summed E-state index contributed by atoms with van der Waals surface area (Å²) in [5, 5.41) is 62.6. The largest absolute Gasteiger partial charge is 0.508 e. The van der Waals surface area contributed by atoms with Crippen LogP contribution in [0.15, 0.2) is 59.4 Å². The standard InChI is InChI=1S/C31H34N4O9/c1-13-15-9-10-16(33-12-17(36)34-11-14-7-5-4-6-8-14)24(37)19(15)25(38)20-18(13)26(39)22-23(35(2)3)27(40)21(30(32)43)29(42)31(22,44)28(20)41/h4-10,13,18,22-23,26,33,37-39,42,44H,11-12H2,1-3H3,(H2,32,43)(H,34,36)/t13-,18+,22+,23+,26-,31-/m1/s1. The van der Waals surface area contributed by atoms with Gasteiger partial charge in [-0.15, -0.1) is 0 Å². The molecule has 5 rings (SSSR count). The number of nitrogens with zero attached hydrogens (tertiary/aromatic N) is 1. The first-order valence-corrected chi connectivity index (χ1v) is 14.0. The lowest BCUT2D eigenvalue weighted by molar-refractivity contribution is -0.169. The quantitative estimate of drug-likeness (QED) is 0.157. The van der Waals surface area contributed by atoms with E-state index in [0.717, 1.165) is 5.56 Å². The van der Waals surface area contributed by atoms with Gasteiger partial charge in [-0.05, 0) is 37.2 Å². The topological polar surface area (TPSA) is 223 Å². The molecular formula is C31H34N4O9. The number of phenols is 1. The normalized spacial score (nSPS) is 27.9. The summed E-state index contributed by atoms with van der Waals surface area (Å²) in [6, 6.07) is 10.9. The third-order valence-corrected chi connectivity index (χ3v) is 8.90. The fraction of sp³-hybridized carbons (Fsp3) is 0.355. The number of anilines is 1. The van der Waals surface area contributed by atoms with Crippen LogP contribution in [-0.4, -0.2) is 92.2 Å². The van der Waals surface area contributed by atoms with Gasteiger partial charge >= 0.3 is 0 Å². The molecular weight excluding hydrogens is 572 g/mol. The highest BCUT2D eigenvalue weighted by Crippen LogP contribution is 2.56. The predicted octanol–water partition coefficient (Wildman–Crippen LogP) is 0.224. The molecule has 6 atom stereocenters. The number of benzene rings is 2. The van der Waals surface area contributed by atoms with Gasteiger partial charge in [0.15, 0.2) is 11.4 Å². The van der Waals surface area contributed by atoms with Crippen molar-refractivity contribution in [1.82, 2.24) is 10.2 Å². The molecule has 0 heterocycles. The smallest absolute Gasteiger partial charge is 0.255 e. The number of likely N-dealkylation sites (N-methyl/N-ethyl adjacent to an activating group) is 1. The maximum Gasteiger partial charge on any atom is 0.255 e. The maximum atomic E-state index is 14.1. The SMILES string of the molecule is C[C@@H]1c2ccc(NCC(=O)NCc3ccccc3)c(O)c2C(O)=C2C(=O)[C@@]3(O)C(O)=C(C(N)=O)C(=O)[C@@H](N(C)C)[C@H]3[C@H](O)[C@H]21. The number of phenolic OH excluding ortho intramolecular Hbond substituents is 1. The van der Waals surface area contributed by atoms with Gasteiger partial charge < -0.3 is 41.9 Å². The lowest BCUT2D eigenvalue weighted by Crippen LogP contribution is -2.70. The van der Waals surface area contributed by atoms with E-state index in [-0.39, 0.29) is 30.2 Å². The number of ketones is 2. The van der Waals surface area contributed by atoms with Crippen molar-refractivity contribution in [2.75, 3.05) is 26.0 Å². The first-order valence-electron chi connectivity index (χ1n) is 14.0. The summed E-state index contributed by atoms with van der Waals surface area (Å²) in [6.45, 7) is 1.69. The van der Waals surface area contributed by atoms with Gasteiger partial charge in [0.1, 0.15) is 22.8 Å². The van der Waals surface area contributed by atoms with Gasteiger partial charge in [-0.2, -0.15) is 0 Å². The first-order chi connectivity index (χ1) is 20.7. The Bertz CT molecular complexity index is 1630. The lowest BCUT2D eigenvalue weighted by atomic mass is 9.54. The van der Waals surface area contributed by atoms with Gasteiger partial charge in [-0.25, -0.2) is 0 Å². The summed E-state index contributed by atoms with van der Waals surface area (Å²) in [5.74, 6) is -10.1. The van der Waals surface area contributed by atoms with Crippen LogP contribution in [0.5, 0.6) is 5.75 Å². The van der Waals surface area contributed by atoms with Crippen LogP contribution in [0.25, 0.3) is 5.76 Å². The molecule has 13 heteroatoms. The number of aliphatic hydroxyl groups excluding tert-OH is 3. The van der Waals surface area contributed by atoms with E-state index in [0.29, 0.717) is 5.56 Å². The van der Waals surface area contributed by atoms with Crippen molar-refractivity contribution < 1.29 is 44.7 Å². The van der Waals surface area contributed by atoms with Crippen molar-refractivity contribution in [1.29, 1.82) is 0 Å². The zero-order valence-electron chi connectivity index (χ0n) is 24.2. The number of rotatable bonds is 7. The molecule has 2 aromatic rings. The van der Waals surface area contributed by atoms with Crippen LogP contribution < -0.4 is 16.4 Å². The van der Waals surface area contributed by atoms with Crippen molar-refractivity contribution in [2.45, 2.75) is 37.1 Å². The molecule has 9 N–H and O–H groups in total. The van der Waals surface area contributed by atoms with Gasteiger partial charge in [0.2, 0.25) is 11.7 Å². The number of nitrogens with two attached hydrogens (primary N) is 1. The van der Waals surface area contributed by atoms with Crippen LogP contribution in [0.1, 0.15) is 29.5 Å². The molecule has 13 nitrogen and oxygen atoms in total. The Morgan fingerprint density at radius 1 is 1.05 bits per heavy atom. The summed E-state index contributed by atoms with van der Waals surface area (Å²) in [6.07, 6.45) is -1.68. The van der Waals surface area contributed by atoms with Gasteiger partial charge in [0, 0.05) is 18.0 Å². The summed E-state index contributed by atoms with van der Waals surface area (Å²) >= 11 is 0. The molecule has 3 aliphatic rings. The van der Waals surface area contributed by atoms with Crippen molar-refractivity contribution in [3.05, 3.63) is 76.1 Å². The second kappa shape index (κ2) is 11.1. The average Bonchev–Trinajstić information content (AvgIpc) is 2.97. The highest BCUT2D eigenvalue weighted by molar-refractivity contribution is 6.24. The number of nitrogens with one attached hydrogen (secondary N) is 2. The van der Waals surface area contributed by atoms with Crippen LogP contribution in [0.2, 0.25) is 0 Å². The number of hydrogen-bond donors (Lipinski definition) is 8. The van der Waals surface area contributed by atoms with Gasteiger partial charge in [0.05, 0.1) is 35.9 Å². The number of amides is 2. The van der Waals surface area contributed by atoms with Crippen molar-refractivity contribution in [3.63, 3.8) is 0 Å². The molecule has 44 heavy (non-hydrogen) atoms. The summed E-state index contributed by atoms with van der Waals surface area (Å²) < 4.78 is 0. The highest BCUT2D eigenvalue weighted by Gasteiger charge is 2.68. The van der Waals surface area contributed by atoms with E-state index in [1.165, 1.54) is 25.1 Å². The van der Waals surface area contributed by atoms with Crippen LogP contribution >= 0.6 is 0 Å². The highest BCUT2D eigenvalue weighted by atomic mass is 16.4. The monoisotopic (exact) mass is 606 g/mol. The second-order valence-corrected chi connectivity index (χ2v) is 11.6. The van der Waals surface area contributed by atoms with Crippen LogP contribution in [0.3, 0.4) is 0 Å². The first kappa shape index (κ1) is 30.7. The molecule has 0 radical (unpaired) electrons. The van der Waals surface area contributed by atoms with Gasteiger partial charge in [-0.1, -0.05) is 43.3 Å². The fourth-order valence-electron chi connectivity index (χ4n) is 6.79. The number of fused-ring (bicyclic) bond motifs is 3. The third-order valence-electron chi connectivity index (χ3n) is 8.90. The fourth-order valence-corrected chi connectivity index (χ4v) is 6.79. The van der Waals surface area contributed by atoms with Gasteiger partial charge in [0.25, 0.3) is 5.91 Å². The molecule has 2 aromatic carbocycles. The Morgan fingerprint density at radius 3 is 2.32 bits per heavy atom. The number of aromatic hydroxyl groups is 1. The molecule has 0 bridgehead atoms. The summed E-state index contributed by atoms with van der Waals surface area (Å²) in [4.78, 5) is 53.2. The molecule has 2 amide bonds. The van der Waals surface area contributed by atoms with Crippen LogP contribution in [0, 0.1) is 11.8 Å². The molecule has 1 saturated carbocycles. The van der Waals surface area contributed by atoms with E-state index in [4.69, 9.17) is 5.73 Å². The van der Waals surface area contributed by atoms with E-state index in [2.05, 4.69) is 10.6 Å². The van der Waals surface area contributed by atoms with E-state index < -0.39 is 81.4 Å². The molecule has 0 aromatic heterocycles. The van der Waals surface area contributed by atoms with Crippen molar-refractivity contribution in [3.8, 4) is 5.75 Å². The van der Waals surface area contributed by atoms with Crippen molar-refractivity contribution in [2.24, 2.45) is 17.6 Å². The van der Waals surface area contributed by atoms with Crippen LogP contribution in [0.4, 0.5) is 5.69 Å². The predicted molar refractivity (Wildman–Crippen MR) is 157 cm³/mol. The minimum absolute atomic E-state index is 0.0616. The number of Topliss-reactive ketones (excluding diaryl/α,β-unsaturated/α-hetero) is 2. The molecule has 232 valence electrons. The number of primary amides is 1. The Hall–Kier alpha value is -4.72. The number of carbonyl (C=O) groups excluding carboxylic acids is 4. The van der Waals surface area contributed by atoms with E-state index in [1.54, 1.807) is 13.0 Å². The third kappa shape index (κ3) is 4.51. The van der Waals surface area contributed by atoms with Gasteiger partial charge in [-0.3, -0.25) is 24.1 Å². The maximum absolute atomic E-state index is 14.1. The Labute approximate surface area is 252 Å². The number of aliphatic hydroxyl groups is 4. The molecule has 3 aliphatic carbocycles. The second-order valence-electron chi connectivity index (χ2n) is 11.6. The summed E-state index contributed by atoms with van der Waals surface area (Å²) in [7, 11) is 2.89. The Kier molecular flexibility index (Phi) is 7.74. The number of carbonyl (C=O) groups is 4. The zero-order valence-corrected chi connectivity index (χ0v) is 24.2. The molecule has 0 unspecified atom stereocenters. The average molecular weight is 607 g/mol.